The molecule has 2 heterocycles. The third kappa shape index (κ3) is 4.28. The van der Waals surface area contributed by atoms with E-state index >= 15 is 0 Å². The standard InChI is InChI=1S/C14H23N3OS/c1-3-4-5-6-10-18-14-13(15-19-16-14)12-8-7-9-17(2)11-12/h8H,3-7,9-11H2,1-2H3/i1D3,2D3,3D2,4D2,5D2,6D2. The molecule has 0 atom stereocenters. The molecule has 1 aromatic rings. The van der Waals surface area contributed by atoms with Crippen LogP contribution in [0.15, 0.2) is 6.08 Å². The summed E-state index contributed by atoms with van der Waals surface area (Å²) in [5.74, 6) is -0.224. The second-order valence-electron chi connectivity index (χ2n) is 3.70. The van der Waals surface area contributed by atoms with Gasteiger partial charge in [0.1, 0.15) is 5.69 Å². The molecule has 1 aliphatic heterocycles. The van der Waals surface area contributed by atoms with Gasteiger partial charge in [-0.05, 0) is 25.3 Å². The maximum Gasteiger partial charge on any atom is 0.253 e. The van der Waals surface area contributed by atoms with Gasteiger partial charge in [0.15, 0.2) is 0 Å². The summed E-state index contributed by atoms with van der Waals surface area (Å²) in [7, 11) is 0. The Morgan fingerprint density at radius 1 is 1.47 bits per heavy atom. The fourth-order valence-electron chi connectivity index (χ4n) is 1.60. The summed E-state index contributed by atoms with van der Waals surface area (Å²) in [4.78, 5) is 1.23. The van der Waals surface area contributed by atoms with Gasteiger partial charge in [0.2, 0.25) is 0 Å². The first-order valence-corrected chi connectivity index (χ1v) is 6.30. The highest BCUT2D eigenvalue weighted by Crippen LogP contribution is 2.27. The van der Waals surface area contributed by atoms with Gasteiger partial charge in [0.25, 0.3) is 5.88 Å². The molecular weight excluding hydrogens is 258 g/mol. The molecule has 0 saturated heterocycles. The summed E-state index contributed by atoms with van der Waals surface area (Å²) in [6.45, 7) is -6.75. The van der Waals surface area contributed by atoms with Crippen molar-refractivity contribution in [2.75, 3.05) is 26.7 Å². The summed E-state index contributed by atoms with van der Waals surface area (Å²) < 4.78 is 120. The van der Waals surface area contributed by atoms with Gasteiger partial charge in [-0.1, -0.05) is 32.0 Å². The average molecular weight is 296 g/mol. The van der Waals surface area contributed by atoms with Gasteiger partial charge >= 0.3 is 0 Å². The molecule has 0 bridgehead atoms. The zero-order valence-electron chi connectivity index (χ0n) is 24.1. The van der Waals surface area contributed by atoms with Crippen LogP contribution in [0.3, 0.4) is 0 Å². The van der Waals surface area contributed by atoms with Gasteiger partial charge in [-0.25, -0.2) is 0 Å². The van der Waals surface area contributed by atoms with E-state index in [-0.39, 0.29) is 24.7 Å². The van der Waals surface area contributed by atoms with Crippen LogP contribution in [0.25, 0.3) is 5.57 Å². The molecule has 1 aliphatic rings. The van der Waals surface area contributed by atoms with Crippen LogP contribution in [0.4, 0.5) is 0 Å². The Balaban J connectivity index is 2.25. The molecule has 4 nitrogen and oxygen atoms in total. The van der Waals surface area contributed by atoms with Crippen molar-refractivity contribution in [1.82, 2.24) is 13.6 Å². The minimum atomic E-state index is -3.77. The Morgan fingerprint density at radius 2 is 2.47 bits per heavy atom. The molecule has 5 heteroatoms. The quantitative estimate of drug-likeness (QED) is 0.774. The molecule has 0 amide bonds. The molecule has 1 aromatic heterocycles. The molecule has 0 N–H and O–H groups in total. The Kier molecular flexibility index (Phi) is 1.92. The number of likely N-dealkylation sites (N-methyl/N-ethyl adjacent to an activating group) is 1. The molecule has 2 rings (SSSR count). The minimum Gasteiger partial charge on any atom is -0.475 e. The van der Waals surface area contributed by atoms with Crippen molar-refractivity contribution in [3.05, 3.63) is 11.8 Å². The average Bonchev–Trinajstić information content (AvgIpc) is 3.13. The molecule has 0 fully saturated rings. The second-order valence-corrected chi connectivity index (χ2v) is 4.23. The molecule has 0 radical (unpaired) electrons. The van der Waals surface area contributed by atoms with Crippen molar-refractivity contribution in [3.8, 4) is 5.88 Å². The van der Waals surface area contributed by atoms with E-state index in [0.29, 0.717) is 23.7 Å². The van der Waals surface area contributed by atoms with Gasteiger partial charge in [-0.2, -0.15) is 4.37 Å². The topological polar surface area (TPSA) is 38.2 Å². The number of rotatable bonds is 7. The molecule has 0 aromatic carbocycles. The lowest BCUT2D eigenvalue weighted by Crippen LogP contribution is -2.25. The summed E-state index contributed by atoms with van der Waals surface area (Å²) in [6.07, 6.45) is -12.2. The summed E-state index contributed by atoms with van der Waals surface area (Å²) in [6, 6.07) is 0. The van der Waals surface area contributed by atoms with E-state index in [9.17, 15) is 0 Å². The Morgan fingerprint density at radius 3 is 3.37 bits per heavy atom. The maximum atomic E-state index is 8.03. The monoisotopic (exact) mass is 295 g/mol. The maximum absolute atomic E-state index is 8.03. The van der Waals surface area contributed by atoms with Crippen molar-refractivity contribution >= 4 is 17.3 Å². The highest BCUT2D eigenvalue weighted by Gasteiger charge is 2.18. The van der Waals surface area contributed by atoms with E-state index < -0.39 is 45.9 Å². The lowest BCUT2D eigenvalue weighted by atomic mass is 10.1. The second kappa shape index (κ2) is 7.60. The predicted octanol–water partition coefficient (Wildman–Crippen LogP) is 3.22. The van der Waals surface area contributed by atoms with E-state index in [1.54, 1.807) is 6.08 Å². The molecule has 106 valence electrons. The zero-order valence-corrected chi connectivity index (χ0v) is 10.9. The van der Waals surface area contributed by atoms with E-state index in [2.05, 4.69) is 8.75 Å². The highest BCUT2D eigenvalue weighted by molar-refractivity contribution is 6.99. The Hall–Kier alpha value is -0.940. The third-order valence-corrected chi connectivity index (χ3v) is 2.92. The van der Waals surface area contributed by atoms with Crippen LogP contribution in [0.1, 0.15) is 63.6 Å². The molecule has 19 heavy (non-hydrogen) atoms. The molecule has 0 saturated carbocycles. The van der Waals surface area contributed by atoms with Gasteiger partial charge in [-0.15, -0.1) is 4.37 Å². The van der Waals surface area contributed by atoms with Crippen LogP contribution in [-0.4, -0.2) is 40.3 Å². The molecule has 0 spiro atoms. The first-order valence-electron chi connectivity index (χ1n) is 12.6. The first kappa shape index (κ1) is 4.81. The third-order valence-electron chi connectivity index (χ3n) is 2.41. The van der Waals surface area contributed by atoms with Crippen LogP contribution in [-0.2, 0) is 0 Å². The number of ether oxygens (including phenoxy) is 1. The van der Waals surface area contributed by atoms with Crippen molar-refractivity contribution in [3.63, 3.8) is 0 Å². The van der Waals surface area contributed by atoms with Gasteiger partial charge in [0, 0.05) is 32.3 Å². The van der Waals surface area contributed by atoms with E-state index in [0.717, 1.165) is 0 Å². The summed E-state index contributed by atoms with van der Waals surface area (Å²) >= 11 is 0.690. The highest BCUT2D eigenvalue weighted by atomic mass is 32.1. The van der Waals surface area contributed by atoms with Crippen LogP contribution < -0.4 is 4.74 Å². The predicted molar refractivity (Wildman–Crippen MR) is 79.6 cm³/mol. The SMILES string of the molecule is [2H]C([2H])([2H])N1CCC=C(c2nsnc2OCC([2H])([2H])C([2H])([2H])C([2H])([2H])C([2H])([2H])C([2H])([2H])[2H])C1. The first-order chi connectivity index (χ1) is 14.7. The van der Waals surface area contributed by atoms with E-state index in [1.807, 2.05) is 0 Å². The molecule has 0 unspecified atom stereocenters. The lowest BCUT2D eigenvalue weighted by molar-refractivity contribution is 0.294. The number of aromatic nitrogens is 2. The normalized spacial score (nSPS) is 31.7. The summed E-state index contributed by atoms with van der Waals surface area (Å²) in [5, 5.41) is 0. The van der Waals surface area contributed by atoms with Crippen molar-refractivity contribution in [2.45, 2.75) is 38.8 Å². The van der Waals surface area contributed by atoms with E-state index in [1.165, 1.54) is 4.90 Å². The van der Waals surface area contributed by atoms with Crippen molar-refractivity contribution < 1.29 is 23.9 Å². The molecular formula is C14H23N3OS. The van der Waals surface area contributed by atoms with Crippen LogP contribution in [0, 0.1) is 0 Å². The van der Waals surface area contributed by atoms with Crippen molar-refractivity contribution in [1.29, 1.82) is 0 Å². The Labute approximate surface area is 139 Å². The van der Waals surface area contributed by atoms with Crippen LogP contribution in [0.5, 0.6) is 5.88 Å². The van der Waals surface area contributed by atoms with Crippen molar-refractivity contribution in [2.24, 2.45) is 0 Å². The minimum absolute atomic E-state index is 0.00661. The number of hydrogen-bond acceptors (Lipinski definition) is 5. The number of hydrogen-bond donors (Lipinski definition) is 0. The zero-order chi connectivity index (χ0) is 25.7. The van der Waals surface area contributed by atoms with Gasteiger partial charge < -0.3 is 9.64 Å². The molecule has 0 aliphatic carbocycles. The van der Waals surface area contributed by atoms with Gasteiger partial charge in [-0.3, -0.25) is 0 Å². The van der Waals surface area contributed by atoms with Crippen LogP contribution in [0.2, 0.25) is 0 Å². The Bertz CT molecular complexity index is 875. The largest absolute Gasteiger partial charge is 0.475 e. The smallest absolute Gasteiger partial charge is 0.253 e. The van der Waals surface area contributed by atoms with Gasteiger partial charge in [0.05, 0.1) is 18.3 Å². The van der Waals surface area contributed by atoms with Crippen LogP contribution >= 0.6 is 11.7 Å². The number of nitrogens with zero attached hydrogens (tertiary/aromatic N) is 3. The summed E-state index contributed by atoms with van der Waals surface area (Å²) in [5.41, 5.74) is 0.588. The lowest BCUT2D eigenvalue weighted by Gasteiger charge is -2.22. The van der Waals surface area contributed by atoms with E-state index in [4.69, 9.17) is 23.9 Å². The fraction of sp³-hybridized carbons (Fsp3) is 0.714. The fourth-order valence-corrected chi connectivity index (χ4v) is 2.13.